The fourth-order valence-corrected chi connectivity index (χ4v) is 5.45. The van der Waals surface area contributed by atoms with E-state index < -0.39 is 22.5 Å². The maximum atomic E-state index is 13.5. The van der Waals surface area contributed by atoms with E-state index in [1.165, 1.54) is 32.4 Å². The van der Waals surface area contributed by atoms with Crippen molar-refractivity contribution in [2.45, 2.75) is 18.0 Å². The lowest BCUT2D eigenvalue weighted by Crippen LogP contribution is -2.40. The molecule has 0 atom stereocenters. The van der Waals surface area contributed by atoms with Crippen LogP contribution in [0.1, 0.15) is 11.1 Å². The Labute approximate surface area is 209 Å². The van der Waals surface area contributed by atoms with E-state index in [1.54, 1.807) is 42.5 Å². The molecule has 0 aromatic heterocycles. The molecule has 1 N–H and O–H groups in total. The number of sulfonamides is 1. The van der Waals surface area contributed by atoms with Gasteiger partial charge in [-0.05, 0) is 35.9 Å². The highest BCUT2D eigenvalue weighted by molar-refractivity contribution is 7.89. The lowest BCUT2D eigenvalue weighted by Gasteiger charge is -2.23. The second-order valence-corrected chi connectivity index (χ2v) is 10.0. The first-order valence-corrected chi connectivity index (χ1v) is 12.4. The molecule has 0 heterocycles. The molecule has 0 fully saturated rings. The molecule has 0 unspecified atom stereocenters. The summed E-state index contributed by atoms with van der Waals surface area (Å²) in [6.07, 6.45) is 0. The largest absolute Gasteiger partial charge is 0.496 e. The van der Waals surface area contributed by atoms with Crippen LogP contribution in [0.15, 0.2) is 71.6 Å². The molecule has 34 heavy (non-hydrogen) atoms. The molecule has 0 saturated carbocycles. The first kappa shape index (κ1) is 25.8. The number of nitrogens with zero attached hydrogens (tertiary/aromatic N) is 1. The number of amides is 1. The third-order valence-electron chi connectivity index (χ3n) is 5.03. The molecule has 0 spiro atoms. The summed E-state index contributed by atoms with van der Waals surface area (Å²) in [5.41, 5.74) is 1.35. The molecule has 3 aromatic rings. The second kappa shape index (κ2) is 11.6. The van der Waals surface area contributed by atoms with E-state index >= 15 is 0 Å². The Balaban J connectivity index is 1.86. The highest BCUT2D eigenvalue weighted by atomic mass is 35.5. The fraction of sp³-hybridized carbons (Fsp3) is 0.208. The van der Waals surface area contributed by atoms with Gasteiger partial charge >= 0.3 is 0 Å². The topological polar surface area (TPSA) is 84.9 Å². The molecule has 0 aliphatic rings. The third kappa shape index (κ3) is 6.21. The molecule has 7 nitrogen and oxygen atoms in total. The zero-order chi connectivity index (χ0) is 24.7. The van der Waals surface area contributed by atoms with Gasteiger partial charge in [-0.3, -0.25) is 4.79 Å². The van der Waals surface area contributed by atoms with Crippen molar-refractivity contribution < 1.29 is 22.7 Å². The summed E-state index contributed by atoms with van der Waals surface area (Å²) in [4.78, 5) is 12.7. The quantitative estimate of drug-likeness (QED) is 0.423. The van der Waals surface area contributed by atoms with Gasteiger partial charge in [0.25, 0.3) is 0 Å². The van der Waals surface area contributed by atoms with Gasteiger partial charge in [0.15, 0.2) is 0 Å². The summed E-state index contributed by atoms with van der Waals surface area (Å²) in [7, 11) is -1.12. The molecule has 1 amide bonds. The molecule has 0 aliphatic heterocycles. The van der Waals surface area contributed by atoms with E-state index in [4.69, 9.17) is 32.7 Å². The normalized spacial score (nSPS) is 11.3. The summed E-state index contributed by atoms with van der Waals surface area (Å²) < 4.78 is 38.7. The van der Waals surface area contributed by atoms with Gasteiger partial charge in [0.1, 0.15) is 16.4 Å². The van der Waals surface area contributed by atoms with Crippen LogP contribution in [0.2, 0.25) is 10.0 Å². The van der Waals surface area contributed by atoms with Crippen molar-refractivity contribution in [1.29, 1.82) is 0 Å². The molecule has 0 bridgehead atoms. The first-order chi connectivity index (χ1) is 16.3. The van der Waals surface area contributed by atoms with Crippen LogP contribution in [-0.2, 0) is 27.9 Å². The minimum atomic E-state index is -4.15. The number of ether oxygens (including phenoxy) is 2. The van der Waals surface area contributed by atoms with Crippen LogP contribution in [0.5, 0.6) is 11.5 Å². The van der Waals surface area contributed by atoms with E-state index in [0.29, 0.717) is 22.6 Å². The van der Waals surface area contributed by atoms with Crippen LogP contribution in [0.4, 0.5) is 0 Å². The number of rotatable bonds is 10. The first-order valence-electron chi connectivity index (χ1n) is 10.2. The van der Waals surface area contributed by atoms with Crippen LogP contribution in [0.25, 0.3) is 0 Å². The Morgan fingerprint density at radius 1 is 0.941 bits per heavy atom. The lowest BCUT2D eigenvalue weighted by molar-refractivity contribution is -0.121. The number of hydrogen-bond donors (Lipinski definition) is 1. The zero-order valence-electron chi connectivity index (χ0n) is 18.6. The van der Waals surface area contributed by atoms with Gasteiger partial charge in [-0.1, -0.05) is 59.6 Å². The minimum absolute atomic E-state index is 0.0154. The molecule has 0 radical (unpaired) electrons. The van der Waals surface area contributed by atoms with Crippen LogP contribution in [0, 0.1) is 0 Å². The summed E-state index contributed by atoms with van der Waals surface area (Å²) >= 11 is 12.2. The standard InChI is InChI=1S/C24H24Cl2N2O5S/c1-32-21-9-6-10-22(33-2)19(21)14-27-24(29)16-28(15-17-7-4-3-5-8-17)34(30,31)23-13-18(25)11-12-20(23)26/h3-13H,14-16H2,1-2H3,(H,27,29). The Hall–Kier alpha value is -2.78. The fourth-order valence-electron chi connectivity index (χ4n) is 3.33. The van der Waals surface area contributed by atoms with Gasteiger partial charge in [-0.15, -0.1) is 0 Å². The molecule has 0 saturated heterocycles. The van der Waals surface area contributed by atoms with Crippen molar-refractivity contribution in [3.8, 4) is 11.5 Å². The van der Waals surface area contributed by atoms with E-state index in [0.717, 1.165) is 4.31 Å². The number of halogens is 2. The van der Waals surface area contributed by atoms with Gasteiger partial charge in [-0.2, -0.15) is 4.31 Å². The lowest BCUT2D eigenvalue weighted by atomic mass is 10.1. The summed E-state index contributed by atoms with van der Waals surface area (Å²) in [5.74, 6) is 0.573. The monoisotopic (exact) mass is 522 g/mol. The van der Waals surface area contributed by atoms with Crippen molar-refractivity contribution in [3.05, 3.63) is 87.9 Å². The van der Waals surface area contributed by atoms with E-state index in [-0.39, 0.29) is 28.0 Å². The zero-order valence-corrected chi connectivity index (χ0v) is 21.0. The highest BCUT2D eigenvalue weighted by Crippen LogP contribution is 2.29. The van der Waals surface area contributed by atoms with Gasteiger partial charge in [0.05, 0.1) is 37.9 Å². The molecule has 180 valence electrons. The Bertz CT molecular complexity index is 1230. The van der Waals surface area contributed by atoms with Gasteiger partial charge < -0.3 is 14.8 Å². The van der Waals surface area contributed by atoms with Crippen LogP contribution in [0.3, 0.4) is 0 Å². The van der Waals surface area contributed by atoms with Crippen LogP contribution >= 0.6 is 23.2 Å². The average Bonchev–Trinajstić information content (AvgIpc) is 2.84. The smallest absolute Gasteiger partial charge is 0.245 e. The van der Waals surface area contributed by atoms with E-state index in [1.807, 2.05) is 6.07 Å². The Morgan fingerprint density at radius 3 is 2.21 bits per heavy atom. The van der Waals surface area contributed by atoms with Crippen molar-refractivity contribution in [1.82, 2.24) is 9.62 Å². The SMILES string of the molecule is COc1cccc(OC)c1CNC(=O)CN(Cc1ccccc1)S(=O)(=O)c1cc(Cl)ccc1Cl. The van der Waals surface area contributed by atoms with Crippen molar-refractivity contribution >= 4 is 39.1 Å². The number of methoxy groups -OCH3 is 2. The van der Waals surface area contributed by atoms with Crippen LogP contribution in [-0.4, -0.2) is 39.4 Å². The second-order valence-electron chi connectivity index (χ2n) is 7.25. The molecule has 3 rings (SSSR count). The maximum Gasteiger partial charge on any atom is 0.245 e. The summed E-state index contributed by atoms with van der Waals surface area (Å²) in [5, 5.41) is 2.98. The molecule has 0 aliphatic carbocycles. The number of carbonyl (C=O) groups is 1. The predicted molar refractivity (Wildman–Crippen MR) is 132 cm³/mol. The molecule has 3 aromatic carbocycles. The van der Waals surface area contributed by atoms with E-state index in [9.17, 15) is 13.2 Å². The Morgan fingerprint density at radius 2 is 1.59 bits per heavy atom. The predicted octanol–water partition coefficient (Wildman–Crippen LogP) is 4.52. The van der Waals surface area contributed by atoms with Gasteiger partial charge in [0.2, 0.25) is 15.9 Å². The minimum Gasteiger partial charge on any atom is -0.496 e. The number of benzene rings is 3. The van der Waals surface area contributed by atoms with Crippen molar-refractivity contribution in [3.63, 3.8) is 0 Å². The van der Waals surface area contributed by atoms with Crippen molar-refractivity contribution in [2.24, 2.45) is 0 Å². The number of hydrogen-bond acceptors (Lipinski definition) is 5. The van der Waals surface area contributed by atoms with Crippen molar-refractivity contribution in [2.75, 3.05) is 20.8 Å². The highest BCUT2D eigenvalue weighted by Gasteiger charge is 2.29. The number of carbonyl (C=O) groups excluding carboxylic acids is 1. The molecular weight excluding hydrogens is 499 g/mol. The summed E-state index contributed by atoms with van der Waals surface area (Å²) in [6, 6.07) is 18.4. The van der Waals surface area contributed by atoms with E-state index in [2.05, 4.69) is 5.32 Å². The van der Waals surface area contributed by atoms with Crippen LogP contribution < -0.4 is 14.8 Å². The van der Waals surface area contributed by atoms with Gasteiger partial charge in [-0.25, -0.2) is 8.42 Å². The number of nitrogens with one attached hydrogen (secondary N) is 1. The molecule has 10 heteroatoms. The third-order valence-corrected chi connectivity index (χ3v) is 7.53. The maximum absolute atomic E-state index is 13.5. The molecular formula is C24H24Cl2N2O5S. The average molecular weight is 523 g/mol. The summed E-state index contributed by atoms with van der Waals surface area (Å²) in [6.45, 7) is -0.377. The van der Waals surface area contributed by atoms with Gasteiger partial charge in [0, 0.05) is 11.6 Å². The Kier molecular flexibility index (Phi) is 8.79.